The van der Waals surface area contributed by atoms with Crippen molar-refractivity contribution in [2.75, 3.05) is 6.54 Å². The Bertz CT molecular complexity index is 284. The molecule has 1 aliphatic heterocycles. The summed E-state index contributed by atoms with van der Waals surface area (Å²) in [4.78, 5) is 1.75. The molecule has 0 radical (unpaired) electrons. The Morgan fingerprint density at radius 2 is 1.94 bits per heavy atom. The van der Waals surface area contributed by atoms with Crippen LogP contribution in [0.1, 0.15) is 58.3 Å². The van der Waals surface area contributed by atoms with E-state index in [4.69, 9.17) is 5.73 Å². The molecule has 0 aromatic heterocycles. The summed E-state index contributed by atoms with van der Waals surface area (Å²) in [5.41, 5.74) is 6.79. The minimum absolute atomic E-state index is 0.371. The van der Waals surface area contributed by atoms with Gasteiger partial charge in [0.05, 0.1) is 11.8 Å². The van der Waals surface area contributed by atoms with Gasteiger partial charge in [-0.15, -0.1) is 0 Å². The van der Waals surface area contributed by atoms with Crippen LogP contribution in [-0.4, -0.2) is 23.3 Å². The molecule has 6 atom stereocenters. The molecule has 3 heteroatoms. The second-order valence-corrected chi connectivity index (χ2v) is 8.29. The van der Waals surface area contributed by atoms with Crippen molar-refractivity contribution >= 4 is 11.8 Å². The number of hydrogen-bond donors (Lipinski definition) is 2. The summed E-state index contributed by atoms with van der Waals surface area (Å²) in [5.74, 6) is 1.91. The zero-order valence-corrected chi connectivity index (χ0v) is 12.6. The molecule has 18 heavy (non-hydrogen) atoms. The molecular weight excluding hydrogens is 240 g/mol. The fraction of sp³-hybridized carbons (Fsp3) is 1.00. The van der Waals surface area contributed by atoms with Crippen molar-refractivity contribution in [3.8, 4) is 0 Å². The minimum Gasteiger partial charge on any atom is -0.308 e. The molecule has 0 aromatic carbocycles. The van der Waals surface area contributed by atoms with E-state index in [1.807, 2.05) is 0 Å². The average Bonchev–Trinajstić information content (AvgIpc) is 2.66. The predicted octanol–water partition coefficient (Wildman–Crippen LogP) is 2.00. The molecule has 2 nitrogen and oxygen atoms in total. The van der Waals surface area contributed by atoms with Gasteiger partial charge in [-0.1, -0.05) is 37.9 Å². The molecule has 0 bridgehead atoms. The maximum Gasteiger partial charge on any atom is 0.187 e. The Balaban J connectivity index is 1.60. The lowest BCUT2D eigenvalue weighted by molar-refractivity contribution is -0.933. The summed E-state index contributed by atoms with van der Waals surface area (Å²) in [5, 5.41) is 0.879. The number of rotatable bonds is 2. The number of nitrogens with two attached hydrogens (primary N) is 1. The Labute approximate surface area is 116 Å². The summed E-state index contributed by atoms with van der Waals surface area (Å²) < 4.78 is 0. The maximum absolute atomic E-state index is 6.42. The van der Waals surface area contributed by atoms with Crippen LogP contribution in [0.25, 0.3) is 0 Å². The summed E-state index contributed by atoms with van der Waals surface area (Å²) in [6, 6.07) is 0.885. The first-order valence-corrected chi connectivity index (χ1v) is 8.95. The quantitative estimate of drug-likeness (QED) is 0.803. The minimum atomic E-state index is 0.371. The van der Waals surface area contributed by atoms with Gasteiger partial charge >= 0.3 is 0 Å². The van der Waals surface area contributed by atoms with Crippen molar-refractivity contribution in [2.45, 2.75) is 75.1 Å². The molecule has 104 valence electrons. The molecule has 3 N–H and O–H groups in total. The average molecular weight is 269 g/mol. The molecule has 1 heterocycles. The van der Waals surface area contributed by atoms with Gasteiger partial charge in [0.25, 0.3) is 0 Å². The topological polar surface area (TPSA) is 30.5 Å². The molecule has 3 aliphatic rings. The molecule has 3 rings (SSSR count). The van der Waals surface area contributed by atoms with E-state index < -0.39 is 0 Å². The van der Waals surface area contributed by atoms with Crippen LogP contribution in [0.3, 0.4) is 0 Å². The molecule has 2 saturated carbocycles. The fourth-order valence-corrected chi connectivity index (χ4v) is 6.14. The Morgan fingerprint density at radius 3 is 2.78 bits per heavy atom. The molecule has 0 spiro atoms. The summed E-state index contributed by atoms with van der Waals surface area (Å²) >= 11 is 2.09. The zero-order chi connectivity index (χ0) is 12.5. The van der Waals surface area contributed by atoms with E-state index in [2.05, 4.69) is 18.7 Å². The number of quaternary nitrogens is 1. The van der Waals surface area contributed by atoms with Gasteiger partial charge in [0.15, 0.2) is 5.50 Å². The van der Waals surface area contributed by atoms with Crippen molar-refractivity contribution in [3.63, 3.8) is 0 Å². The van der Waals surface area contributed by atoms with Crippen LogP contribution in [0.15, 0.2) is 0 Å². The molecule has 0 aromatic rings. The third kappa shape index (κ3) is 2.73. The van der Waals surface area contributed by atoms with Crippen LogP contribution in [0.5, 0.6) is 0 Å². The second kappa shape index (κ2) is 5.72. The lowest BCUT2D eigenvalue weighted by atomic mass is 9.81. The Morgan fingerprint density at radius 1 is 1.11 bits per heavy atom. The number of thioether (sulfide) groups is 1. The molecule has 3 fully saturated rings. The van der Waals surface area contributed by atoms with Gasteiger partial charge < -0.3 is 4.90 Å². The maximum atomic E-state index is 6.42. The van der Waals surface area contributed by atoms with E-state index in [0.717, 1.165) is 23.1 Å². The highest BCUT2D eigenvalue weighted by Gasteiger charge is 2.45. The SMILES string of the molecule is CC1CCCC(C[NH+]2C(N)SC3CCCCC32)C1. The van der Waals surface area contributed by atoms with E-state index in [1.165, 1.54) is 57.9 Å². The van der Waals surface area contributed by atoms with Crippen molar-refractivity contribution in [3.05, 3.63) is 0 Å². The smallest absolute Gasteiger partial charge is 0.187 e. The van der Waals surface area contributed by atoms with E-state index in [1.54, 1.807) is 4.90 Å². The fourth-order valence-electron chi connectivity index (χ4n) is 4.52. The van der Waals surface area contributed by atoms with Gasteiger partial charge in [-0.05, 0) is 31.6 Å². The van der Waals surface area contributed by atoms with Crippen LogP contribution in [0.2, 0.25) is 0 Å². The highest BCUT2D eigenvalue weighted by molar-refractivity contribution is 8.00. The van der Waals surface area contributed by atoms with E-state index in [9.17, 15) is 0 Å². The van der Waals surface area contributed by atoms with Crippen LogP contribution < -0.4 is 10.6 Å². The first kappa shape index (κ1) is 13.3. The standard InChI is InChI=1S/C15H28N2S/c1-11-5-4-6-12(9-11)10-17-13-7-2-3-8-14(13)18-15(17)16/h11-15H,2-10,16H2,1H3/p+1. The highest BCUT2D eigenvalue weighted by Crippen LogP contribution is 2.33. The van der Waals surface area contributed by atoms with Gasteiger partial charge in [0.1, 0.15) is 6.04 Å². The molecule has 1 saturated heterocycles. The van der Waals surface area contributed by atoms with Crippen molar-refractivity contribution in [1.29, 1.82) is 0 Å². The first-order chi connectivity index (χ1) is 8.74. The molecule has 2 aliphatic carbocycles. The highest BCUT2D eigenvalue weighted by atomic mass is 32.2. The number of hydrogen-bond acceptors (Lipinski definition) is 2. The monoisotopic (exact) mass is 269 g/mol. The van der Waals surface area contributed by atoms with Crippen LogP contribution in [0.4, 0.5) is 0 Å². The Kier molecular flexibility index (Phi) is 4.21. The number of nitrogens with one attached hydrogen (secondary N) is 1. The summed E-state index contributed by atoms with van der Waals surface area (Å²) in [7, 11) is 0. The van der Waals surface area contributed by atoms with E-state index >= 15 is 0 Å². The van der Waals surface area contributed by atoms with Gasteiger partial charge in [-0.2, -0.15) is 0 Å². The summed E-state index contributed by atoms with van der Waals surface area (Å²) in [6.45, 7) is 3.79. The zero-order valence-electron chi connectivity index (χ0n) is 11.7. The van der Waals surface area contributed by atoms with E-state index in [0.29, 0.717) is 5.50 Å². The van der Waals surface area contributed by atoms with Crippen molar-refractivity contribution in [2.24, 2.45) is 17.6 Å². The van der Waals surface area contributed by atoms with Gasteiger partial charge in [0.2, 0.25) is 0 Å². The lowest BCUT2D eigenvalue weighted by Crippen LogP contribution is -3.19. The van der Waals surface area contributed by atoms with Crippen molar-refractivity contribution < 1.29 is 4.90 Å². The van der Waals surface area contributed by atoms with Crippen LogP contribution in [-0.2, 0) is 0 Å². The second-order valence-electron chi connectivity index (χ2n) is 6.90. The third-order valence-electron chi connectivity index (χ3n) is 5.44. The van der Waals surface area contributed by atoms with E-state index in [-0.39, 0.29) is 0 Å². The normalized spacial score (nSPS) is 49.0. The predicted molar refractivity (Wildman–Crippen MR) is 78.6 cm³/mol. The third-order valence-corrected chi connectivity index (χ3v) is 6.94. The Hall–Kier alpha value is 0.270. The van der Waals surface area contributed by atoms with Crippen molar-refractivity contribution in [1.82, 2.24) is 0 Å². The van der Waals surface area contributed by atoms with Gasteiger partial charge in [0, 0.05) is 12.3 Å². The first-order valence-electron chi connectivity index (χ1n) is 8.00. The molecular formula is C15H29N2S+. The lowest BCUT2D eigenvalue weighted by Gasteiger charge is -2.34. The summed E-state index contributed by atoms with van der Waals surface area (Å²) in [6.07, 6.45) is 11.6. The largest absolute Gasteiger partial charge is 0.308 e. The van der Waals surface area contributed by atoms with Gasteiger partial charge in [-0.3, -0.25) is 5.73 Å². The van der Waals surface area contributed by atoms with Crippen LogP contribution >= 0.6 is 11.8 Å². The molecule has 0 amide bonds. The van der Waals surface area contributed by atoms with Crippen LogP contribution in [0, 0.1) is 11.8 Å². The van der Waals surface area contributed by atoms with Gasteiger partial charge in [-0.25, -0.2) is 0 Å². The molecule has 6 unspecified atom stereocenters. The number of fused-ring (bicyclic) bond motifs is 1.